The molecule has 2 aromatic rings. The lowest BCUT2D eigenvalue weighted by Gasteiger charge is -2.09. The minimum atomic E-state index is -0.545. The van der Waals surface area contributed by atoms with Gasteiger partial charge in [0.15, 0.2) is 0 Å². The van der Waals surface area contributed by atoms with Crippen molar-refractivity contribution in [1.29, 1.82) is 0 Å². The van der Waals surface area contributed by atoms with Gasteiger partial charge in [-0.3, -0.25) is 0 Å². The van der Waals surface area contributed by atoms with Gasteiger partial charge in [-0.2, -0.15) is 0 Å². The van der Waals surface area contributed by atoms with E-state index < -0.39 is 11.9 Å². The van der Waals surface area contributed by atoms with Gasteiger partial charge in [0.05, 0.1) is 17.2 Å². The van der Waals surface area contributed by atoms with Crippen molar-refractivity contribution in [2.24, 2.45) is 0 Å². The molecular weight excluding hydrogens is 304 g/mol. The molecule has 0 aromatic heterocycles. The van der Waals surface area contributed by atoms with E-state index in [0.29, 0.717) is 16.1 Å². The summed E-state index contributed by atoms with van der Waals surface area (Å²) in [5.74, 6) is -0.740. The van der Waals surface area contributed by atoms with Crippen LogP contribution in [0.5, 0.6) is 5.75 Å². The zero-order valence-electron chi connectivity index (χ0n) is 12.2. The first-order valence-corrected chi connectivity index (χ1v) is 7.12. The van der Waals surface area contributed by atoms with E-state index in [1.807, 2.05) is 0 Å². The van der Waals surface area contributed by atoms with E-state index >= 15 is 0 Å². The molecule has 0 N–H and O–H groups in total. The van der Waals surface area contributed by atoms with Gasteiger partial charge in [0, 0.05) is 5.02 Å². The molecule has 0 amide bonds. The second-order valence-electron chi connectivity index (χ2n) is 4.88. The summed E-state index contributed by atoms with van der Waals surface area (Å²) in [6.45, 7) is 3.53. The van der Waals surface area contributed by atoms with E-state index in [2.05, 4.69) is 0 Å². The van der Waals surface area contributed by atoms with Gasteiger partial charge in [0.1, 0.15) is 5.75 Å². The fraction of sp³-hybridized carbons (Fsp3) is 0.176. The molecule has 0 aliphatic carbocycles. The third-order valence-corrected chi connectivity index (χ3v) is 2.92. The van der Waals surface area contributed by atoms with Crippen LogP contribution in [0.2, 0.25) is 5.02 Å². The Hall–Kier alpha value is -2.33. The molecule has 0 heterocycles. The van der Waals surface area contributed by atoms with Gasteiger partial charge in [-0.05, 0) is 50.2 Å². The molecule has 2 rings (SSSR count). The number of carbonyl (C=O) groups is 2. The van der Waals surface area contributed by atoms with Gasteiger partial charge in [0.25, 0.3) is 0 Å². The summed E-state index contributed by atoms with van der Waals surface area (Å²) < 4.78 is 10.3. The summed E-state index contributed by atoms with van der Waals surface area (Å²) in [6, 6.07) is 12.7. The average Bonchev–Trinajstić information content (AvgIpc) is 2.47. The highest BCUT2D eigenvalue weighted by Gasteiger charge is 2.13. The summed E-state index contributed by atoms with van der Waals surface area (Å²) in [5, 5.41) is 0.448. The maximum Gasteiger partial charge on any atom is 0.343 e. The second-order valence-corrected chi connectivity index (χ2v) is 5.32. The summed E-state index contributed by atoms with van der Waals surface area (Å²) in [7, 11) is 0. The molecule has 22 heavy (non-hydrogen) atoms. The van der Waals surface area contributed by atoms with E-state index in [1.54, 1.807) is 50.2 Å². The summed E-state index contributed by atoms with van der Waals surface area (Å²) in [6.07, 6.45) is -0.217. The van der Waals surface area contributed by atoms with Crippen molar-refractivity contribution in [3.63, 3.8) is 0 Å². The highest BCUT2D eigenvalue weighted by atomic mass is 35.5. The van der Waals surface area contributed by atoms with Crippen LogP contribution in [-0.2, 0) is 4.74 Å². The van der Waals surface area contributed by atoms with Crippen LogP contribution in [0, 0.1) is 0 Å². The topological polar surface area (TPSA) is 52.6 Å². The Labute approximate surface area is 133 Å². The lowest BCUT2D eigenvalue weighted by Crippen LogP contribution is -2.12. The molecular formula is C17H15ClO4. The third-order valence-electron chi connectivity index (χ3n) is 2.68. The normalized spacial score (nSPS) is 10.4. The van der Waals surface area contributed by atoms with E-state index in [-0.39, 0.29) is 11.9 Å². The summed E-state index contributed by atoms with van der Waals surface area (Å²) in [4.78, 5) is 23.9. The molecule has 2 aromatic carbocycles. The number of carbonyl (C=O) groups excluding carboxylic acids is 2. The van der Waals surface area contributed by atoms with Crippen LogP contribution in [0.3, 0.4) is 0 Å². The molecule has 0 unspecified atom stereocenters. The molecule has 0 fully saturated rings. The number of rotatable bonds is 4. The molecule has 0 aliphatic heterocycles. The molecule has 0 bridgehead atoms. The Balaban J connectivity index is 2.13. The van der Waals surface area contributed by atoms with E-state index in [4.69, 9.17) is 21.1 Å². The minimum absolute atomic E-state index is 0.217. The van der Waals surface area contributed by atoms with Crippen LogP contribution in [0.25, 0.3) is 0 Å². The molecule has 0 saturated heterocycles. The van der Waals surface area contributed by atoms with Gasteiger partial charge in [-0.15, -0.1) is 0 Å². The van der Waals surface area contributed by atoms with Crippen LogP contribution in [0.15, 0.2) is 48.5 Å². The van der Waals surface area contributed by atoms with Crippen molar-refractivity contribution in [2.45, 2.75) is 20.0 Å². The van der Waals surface area contributed by atoms with Gasteiger partial charge in [-0.1, -0.05) is 23.7 Å². The van der Waals surface area contributed by atoms with Crippen molar-refractivity contribution in [2.75, 3.05) is 0 Å². The van der Waals surface area contributed by atoms with Crippen LogP contribution in [0.4, 0.5) is 0 Å². The zero-order valence-corrected chi connectivity index (χ0v) is 13.0. The van der Waals surface area contributed by atoms with E-state index in [0.717, 1.165) is 0 Å². The van der Waals surface area contributed by atoms with Crippen molar-refractivity contribution < 1.29 is 19.1 Å². The van der Waals surface area contributed by atoms with E-state index in [9.17, 15) is 9.59 Å². The highest BCUT2D eigenvalue weighted by molar-refractivity contribution is 6.30. The first-order chi connectivity index (χ1) is 10.5. The Kier molecular flexibility index (Phi) is 5.17. The molecule has 0 atom stereocenters. The number of hydrogen-bond donors (Lipinski definition) is 0. The maximum atomic E-state index is 12.0. The van der Waals surface area contributed by atoms with Crippen LogP contribution >= 0.6 is 11.6 Å². The number of benzene rings is 2. The van der Waals surface area contributed by atoms with Crippen molar-refractivity contribution >= 4 is 23.5 Å². The number of hydrogen-bond acceptors (Lipinski definition) is 4. The van der Waals surface area contributed by atoms with Crippen LogP contribution in [-0.4, -0.2) is 18.0 Å². The molecule has 4 nitrogen and oxygen atoms in total. The van der Waals surface area contributed by atoms with Gasteiger partial charge in [0.2, 0.25) is 0 Å². The Morgan fingerprint density at radius 2 is 1.59 bits per heavy atom. The first kappa shape index (κ1) is 16.0. The quantitative estimate of drug-likeness (QED) is 0.628. The number of halogens is 1. The highest BCUT2D eigenvalue weighted by Crippen LogP contribution is 2.18. The van der Waals surface area contributed by atoms with Crippen molar-refractivity contribution in [3.8, 4) is 5.75 Å². The Morgan fingerprint density at radius 3 is 2.23 bits per heavy atom. The average molecular weight is 319 g/mol. The van der Waals surface area contributed by atoms with Gasteiger partial charge < -0.3 is 9.47 Å². The lowest BCUT2D eigenvalue weighted by molar-refractivity contribution is 0.0376. The summed E-state index contributed by atoms with van der Waals surface area (Å²) in [5.41, 5.74) is 0.660. The number of esters is 2. The molecule has 114 valence electrons. The standard InChI is InChI=1S/C17H15ClO4/c1-11(2)21-16(19)13-6-4-8-15(10-13)22-17(20)12-5-3-7-14(18)9-12/h3-11H,1-2H3. The fourth-order valence-corrected chi connectivity index (χ4v) is 1.94. The maximum absolute atomic E-state index is 12.0. The van der Waals surface area contributed by atoms with Gasteiger partial charge in [-0.25, -0.2) is 9.59 Å². The lowest BCUT2D eigenvalue weighted by atomic mass is 10.2. The molecule has 5 heteroatoms. The van der Waals surface area contributed by atoms with E-state index in [1.165, 1.54) is 12.1 Å². The SMILES string of the molecule is CC(C)OC(=O)c1cccc(OC(=O)c2cccc(Cl)c2)c1. The molecule has 0 saturated carbocycles. The van der Waals surface area contributed by atoms with Gasteiger partial charge >= 0.3 is 11.9 Å². The van der Waals surface area contributed by atoms with Crippen LogP contribution in [0.1, 0.15) is 34.6 Å². The second kappa shape index (κ2) is 7.09. The minimum Gasteiger partial charge on any atom is -0.459 e. The first-order valence-electron chi connectivity index (χ1n) is 6.74. The van der Waals surface area contributed by atoms with Crippen LogP contribution < -0.4 is 4.74 Å². The predicted molar refractivity (Wildman–Crippen MR) is 83.4 cm³/mol. The predicted octanol–water partition coefficient (Wildman–Crippen LogP) is 4.12. The molecule has 0 aliphatic rings. The molecule has 0 radical (unpaired) electrons. The van der Waals surface area contributed by atoms with Crippen molar-refractivity contribution in [3.05, 3.63) is 64.7 Å². The molecule has 0 spiro atoms. The zero-order chi connectivity index (χ0) is 16.1. The summed E-state index contributed by atoms with van der Waals surface area (Å²) >= 11 is 5.84. The Morgan fingerprint density at radius 1 is 0.955 bits per heavy atom. The smallest absolute Gasteiger partial charge is 0.343 e. The van der Waals surface area contributed by atoms with Crippen molar-refractivity contribution in [1.82, 2.24) is 0 Å². The monoisotopic (exact) mass is 318 g/mol. The number of ether oxygens (including phenoxy) is 2. The fourth-order valence-electron chi connectivity index (χ4n) is 1.75. The largest absolute Gasteiger partial charge is 0.459 e. The Bertz CT molecular complexity index is 695. The third kappa shape index (κ3) is 4.33.